The number of para-hydroxylation sites is 1. The normalized spacial score (nSPS) is 15.1. The number of likely N-dealkylation sites (tertiary alicyclic amines) is 1. The van der Waals surface area contributed by atoms with Crippen LogP contribution in [0.1, 0.15) is 35.4 Å². The largest absolute Gasteiger partial charge is 0.477 e. The first-order valence-corrected chi connectivity index (χ1v) is 9.29. The van der Waals surface area contributed by atoms with Gasteiger partial charge in [0, 0.05) is 31.2 Å². The van der Waals surface area contributed by atoms with Crippen molar-refractivity contribution in [3.05, 3.63) is 54.0 Å². The van der Waals surface area contributed by atoms with Crippen LogP contribution in [0.5, 0.6) is 11.5 Å². The zero-order valence-corrected chi connectivity index (χ0v) is 15.4. The molecule has 1 aliphatic heterocycles. The number of pyridine rings is 1. The number of carboxylic acids is 1. The predicted molar refractivity (Wildman–Crippen MR) is 103 cm³/mol. The van der Waals surface area contributed by atoms with Gasteiger partial charge in [0.15, 0.2) is 5.75 Å². The van der Waals surface area contributed by atoms with E-state index in [4.69, 9.17) is 4.74 Å². The van der Waals surface area contributed by atoms with Crippen molar-refractivity contribution in [2.75, 3.05) is 13.1 Å². The zero-order chi connectivity index (χ0) is 18.8. The molecule has 0 aliphatic carbocycles. The minimum absolute atomic E-state index is 0.238. The Balaban J connectivity index is 1.60. The number of aromatic nitrogens is 2. The van der Waals surface area contributed by atoms with Crippen LogP contribution in [0.4, 0.5) is 0 Å². The minimum atomic E-state index is -0.952. The molecule has 3 heterocycles. The van der Waals surface area contributed by atoms with Gasteiger partial charge in [-0.3, -0.25) is 9.88 Å². The molecule has 0 amide bonds. The lowest BCUT2D eigenvalue weighted by Gasteiger charge is -2.26. The Kier molecular flexibility index (Phi) is 4.81. The van der Waals surface area contributed by atoms with Crippen molar-refractivity contribution in [1.82, 2.24) is 14.5 Å². The summed E-state index contributed by atoms with van der Waals surface area (Å²) in [5.41, 5.74) is 1.99. The SMILES string of the molecule is Cn1c(C(=O)O)cc2cccc(Oc3ccnc(CN4CCCCC4)c3)c21. The monoisotopic (exact) mass is 365 g/mol. The number of aromatic carboxylic acids is 1. The minimum Gasteiger partial charge on any atom is -0.477 e. The second-order valence-electron chi connectivity index (χ2n) is 7.01. The number of hydrogen-bond acceptors (Lipinski definition) is 4. The maximum atomic E-state index is 11.4. The van der Waals surface area contributed by atoms with E-state index >= 15 is 0 Å². The topological polar surface area (TPSA) is 67.6 Å². The number of ether oxygens (including phenoxy) is 1. The van der Waals surface area contributed by atoms with Gasteiger partial charge in [0.25, 0.3) is 0 Å². The second kappa shape index (κ2) is 7.40. The van der Waals surface area contributed by atoms with Gasteiger partial charge in [0.1, 0.15) is 11.4 Å². The Morgan fingerprint density at radius 3 is 2.78 bits per heavy atom. The molecule has 0 bridgehead atoms. The molecule has 1 aliphatic rings. The van der Waals surface area contributed by atoms with Crippen LogP contribution >= 0.6 is 0 Å². The molecule has 27 heavy (non-hydrogen) atoms. The van der Waals surface area contributed by atoms with Crippen LogP contribution in [0.3, 0.4) is 0 Å². The maximum Gasteiger partial charge on any atom is 0.352 e. The van der Waals surface area contributed by atoms with E-state index in [2.05, 4.69) is 9.88 Å². The van der Waals surface area contributed by atoms with Gasteiger partial charge in [-0.05, 0) is 44.1 Å². The van der Waals surface area contributed by atoms with E-state index in [-0.39, 0.29) is 5.69 Å². The maximum absolute atomic E-state index is 11.4. The third-order valence-electron chi connectivity index (χ3n) is 5.09. The van der Waals surface area contributed by atoms with E-state index in [9.17, 15) is 9.90 Å². The summed E-state index contributed by atoms with van der Waals surface area (Å²) in [6.45, 7) is 3.06. The molecule has 140 valence electrons. The number of hydrogen-bond donors (Lipinski definition) is 1. The third-order valence-corrected chi connectivity index (χ3v) is 5.09. The number of fused-ring (bicyclic) bond motifs is 1. The van der Waals surface area contributed by atoms with E-state index in [0.717, 1.165) is 36.2 Å². The van der Waals surface area contributed by atoms with Crippen molar-refractivity contribution in [2.45, 2.75) is 25.8 Å². The molecule has 3 aromatic rings. The smallest absolute Gasteiger partial charge is 0.352 e. The van der Waals surface area contributed by atoms with Crippen LogP contribution in [0.25, 0.3) is 10.9 Å². The molecule has 1 saturated heterocycles. The number of aryl methyl sites for hydroxylation is 1. The van der Waals surface area contributed by atoms with E-state index in [1.807, 2.05) is 30.3 Å². The lowest BCUT2D eigenvalue weighted by molar-refractivity contribution is 0.0687. The van der Waals surface area contributed by atoms with Gasteiger partial charge < -0.3 is 14.4 Å². The van der Waals surface area contributed by atoms with Gasteiger partial charge in [0.05, 0.1) is 11.2 Å². The Morgan fingerprint density at radius 1 is 1.19 bits per heavy atom. The van der Waals surface area contributed by atoms with Gasteiger partial charge in [-0.1, -0.05) is 18.6 Å². The average Bonchev–Trinajstić information content (AvgIpc) is 3.01. The van der Waals surface area contributed by atoms with Crippen molar-refractivity contribution in [3.8, 4) is 11.5 Å². The van der Waals surface area contributed by atoms with Crippen molar-refractivity contribution in [1.29, 1.82) is 0 Å². The number of benzene rings is 1. The summed E-state index contributed by atoms with van der Waals surface area (Å²) in [6, 6.07) is 11.1. The first kappa shape index (κ1) is 17.5. The van der Waals surface area contributed by atoms with E-state index in [0.29, 0.717) is 11.5 Å². The fourth-order valence-corrected chi connectivity index (χ4v) is 3.75. The molecule has 0 unspecified atom stereocenters. The molecular formula is C21H23N3O3. The number of piperidine rings is 1. The van der Waals surface area contributed by atoms with Gasteiger partial charge in [0.2, 0.25) is 0 Å². The van der Waals surface area contributed by atoms with Crippen molar-refractivity contribution in [3.63, 3.8) is 0 Å². The summed E-state index contributed by atoms with van der Waals surface area (Å²) < 4.78 is 7.78. The highest BCUT2D eigenvalue weighted by Gasteiger charge is 2.16. The zero-order valence-electron chi connectivity index (χ0n) is 15.4. The molecule has 6 heteroatoms. The summed E-state index contributed by atoms with van der Waals surface area (Å²) in [6.07, 6.45) is 5.57. The molecule has 1 fully saturated rings. The molecule has 1 aromatic carbocycles. The fourth-order valence-electron chi connectivity index (χ4n) is 3.75. The predicted octanol–water partition coefficient (Wildman–Crippen LogP) is 4.05. The lowest BCUT2D eigenvalue weighted by Crippen LogP contribution is -2.29. The number of nitrogens with zero attached hydrogens (tertiary/aromatic N) is 3. The summed E-state index contributed by atoms with van der Waals surface area (Å²) >= 11 is 0. The molecule has 1 N–H and O–H groups in total. The highest BCUT2D eigenvalue weighted by atomic mass is 16.5. The third kappa shape index (κ3) is 3.66. The van der Waals surface area contributed by atoms with Crippen LogP contribution in [-0.2, 0) is 13.6 Å². The van der Waals surface area contributed by atoms with Crippen LogP contribution < -0.4 is 4.74 Å². The Bertz CT molecular complexity index is 974. The Labute approximate surface area is 158 Å². The van der Waals surface area contributed by atoms with Crippen molar-refractivity contribution < 1.29 is 14.6 Å². The van der Waals surface area contributed by atoms with Crippen LogP contribution in [0.15, 0.2) is 42.6 Å². The molecular weight excluding hydrogens is 342 g/mol. The fraction of sp³-hybridized carbons (Fsp3) is 0.333. The van der Waals surface area contributed by atoms with Crippen LogP contribution in [-0.4, -0.2) is 38.6 Å². The average molecular weight is 365 g/mol. The van der Waals surface area contributed by atoms with Crippen LogP contribution in [0.2, 0.25) is 0 Å². The highest BCUT2D eigenvalue weighted by Crippen LogP contribution is 2.32. The first-order chi connectivity index (χ1) is 13.1. The molecule has 2 aromatic heterocycles. The Hall–Kier alpha value is -2.86. The van der Waals surface area contributed by atoms with Gasteiger partial charge in [-0.25, -0.2) is 4.79 Å². The van der Waals surface area contributed by atoms with Crippen molar-refractivity contribution >= 4 is 16.9 Å². The molecule has 4 rings (SSSR count). The first-order valence-electron chi connectivity index (χ1n) is 9.29. The van der Waals surface area contributed by atoms with Crippen LogP contribution in [0, 0.1) is 0 Å². The number of carboxylic acid groups (broad SMARTS) is 1. The van der Waals surface area contributed by atoms with Crippen molar-refractivity contribution in [2.24, 2.45) is 7.05 Å². The standard InChI is InChI=1S/C21H23N3O3/c1-23-18(21(25)26)12-15-6-5-7-19(20(15)23)27-17-8-9-22-16(13-17)14-24-10-3-2-4-11-24/h5-9,12-13H,2-4,10-11,14H2,1H3,(H,25,26). The van der Waals surface area contributed by atoms with E-state index in [1.54, 1.807) is 23.9 Å². The quantitative estimate of drug-likeness (QED) is 0.739. The molecule has 0 saturated carbocycles. The highest BCUT2D eigenvalue weighted by molar-refractivity contribution is 5.96. The van der Waals surface area contributed by atoms with E-state index < -0.39 is 5.97 Å². The van der Waals surface area contributed by atoms with Gasteiger partial charge >= 0.3 is 5.97 Å². The van der Waals surface area contributed by atoms with Gasteiger partial charge in [-0.15, -0.1) is 0 Å². The summed E-state index contributed by atoms with van der Waals surface area (Å²) in [5.74, 6) is 0.396. The molecule has 0 spiro atoms. The second-order valence-corrected chi connectivity index (χ2v) is 7.01. The summed E-state index contributed by atoms with van der Waals surface area (Å²) in [5, 5.41) is 10.2. The molecule has 0 radical (unpaired) electrons. The van der Waals surface area contributed by atoms with Gasteiger partial charge in [-0.2, -0.15) is 0 Å². The lowest BCUT2D eigenvalue weighted by atomic mass is 10.1. The van der Waals surface area contributed by atoms with E-state index in [1.165, 1.54) is 19.3 Å². The number of rotatable bonds is 5. The number of carbonyl (C=O) groups is 1. The Morgan fingerprint density at radius 2 is 2.00 bits per heavy atom. The molecule has 0 atom stereocenters. The molecule has 6 nitrogen and oxygen atoms in total. The summed E-state index contributed by atoms with van der Waals surface area (Å²) in [4.78, 5) is 18.3. The summed E-state index contributed by atoms with van der Waals surface area (Å²) in [7, 11) is 1.74.